The maximum Gasteiger partial charge on any atom is 0.369 e. The minimum absolute atomic E-state index is 0.0486. The maximum absolute atomic E-state index is 10.2. The molecule has 8 atom stereocenters. The van der Waals surface area contributed by atoms with Gasteiger partial charge in [-0.3, -0.25) is 14.4 Å². The molecule has 11 nitrogen and oxygen atoms in total. The van der Waals surface area contributed by atoms with E-state index in [4.69, 9.17) is 15.3 Å². The molecule has 6 N–H and O–H groups in total. The van der Waals surface area contributed by atoms with Crippen LogP contribution in [0.15, 0.2) is 0 Å². The van der Waals surface area contributed by atoms with Crippen molar-refractivity contribution < 1.29 is 54.4 Å². The minimum atomic E-state index is -0.958. The van der Waals surface area contributed by atoms with E-state index in [1.54, 1.807) is 0 Å². The molecule has 3 rings (SSSR count). The summed E-state index contributed by atoms with van der Waals surface area (Å²) in [7, 11) is 1.00. The Morgan fingerprint density at radius 2 is 1.13 bits per heavy atom. The van der Waals surface area contributed by atoms with Crippen molar-refractivity contribution in [1.29, 1.82) is 0 Å². The van der Waals surface area contributed by atoms with Crippen LogP contribution >= 0.6 is 0 Å². The van der Waals surface area contributed by atoms with Gasteiger partial charge in [-0.2, -0.15) is 0 Å². The Bertz CT molecular complexity index is 533. The van der Waals surface area contributed by atoms with E-state index in [-0.39, 0.29) is 54.1 Å². The third kappa shape index (κ3) is 10.6. The van der Waals surface area contributed by atoms with E-state index in [9.17, 15) is 19.2 Å². The van der Waals surface area contributed by atoms with Crippen molar-refractivity contribution in [2.75, 3.05) is 7.11 Å². The number of cyclic esters (lactones) is 3. The zero-order chi connectivity index (χ0) is 25.0. The molecule has 3 heterocycles. The number of quaternary nitrogens is 1. The normalized spacial score (nSPS) is 31.4. The number of carbonyl (C=O) groups is 4. The minimum Gasteiger partial charge on any atom is -0.481 e. The Morgan fingerprint density at radius 3 is 1.13 bits per heavy atom. The first-order valence-corrected chi connectivity index (χ1v) is 10.0. The summed E-state index contributed by atoms with van der Waals surface area (Å²) >= 11 is 0. The lowest BCUT2D eigenvalue weighted by molar-refractivity contribution is -0.447. The van der Waals surface area contributed by atoms with E-state index in [0.29, 0.717) is 0 Å². The monoisotopic (exact) mass is 452 g/mol. The predicted octanol–water partition coefficient (Wildman–Crippen LogP) is -0.626. The number of carboxylic acids is 1. The quantitative estimate of drug-likeness (QED) is 0.311. The Morgan fingerprint density at radius 1 is 0.806 bits per heavy atom. The summed E-state index contributed by atoms with van der Waals surface area (Å²) in [6.45, 7) is 12.3. The molecule has 3 aliphatic heterocycles. The molecule has 3 aliphatic rings. The number of aliphatic hydroxyl groups is 2. The molecular weight excluding hydrogens is 414 g/mol. The van der Waals surface area contributed by atoms with Crippen LogP contribution in [0, 0.1) is 17.8 Å². The molecule has 0 saturated carbocycles. The Labute approximate surface area is 182 Å². The molecule has 0 radical (unpaired) electrons. The summed E-state index contributed by atoms with van der Waals surface area (Å²) < 4.78 is 13.8. The number of aliphatic carboxylic acids is 1. The summed E-state index contributed by atoms with van der Waals surface area (Å²) in [6, 6.07) is -0.111. The third-order valence-corrected chi connectivity index (χ3v) is 5.04. The summed E-state index contributed by atoms with van der Waals surface area (Å²) in [5, 5.41) is 23.8. The molecule has 3 fully saturated rings. The first-order valence-electron chi connectivity index (χ1n) is 10.0. The highest BCUT2D eigenvalue weighted by molar-refractivity contribution is 5.80. The van der Waals surface area contributed by atoms with Crippen LogP contribution in [-0.4, -0.2) is 76.8 Å². The highest BCUT2D eigenvalue weighted by atomic mass is 16.6. The number of carbonyl (C=O) groups excluding carboxylic acids is 3. The number of rotatable bonds is 2. The summed E-state index contributed by atoms with van der Waals surface area (Å²) in [4.78, 5) is 40.6. The average molecular weight is 453 g/mol. The second-order valence-electron chi connectivity index (χ2n) is 7.48. The van der Waals surface area contributed by atoms with Gasteiger partial charge < -0.3 is 35.3 Å². The predicted molar refractivity (Wildman–Crippen MR) is 108 cm³/mol. The molecule has 0 bridgehead atoms. The van der Waals surface area contributed by atoms with Crippen LogP contribution in [0.3, 0.4) is 0 Å². The van der Waals surface area contributed by atoms with Crippen molar-refractivity contribution in [1.82, 2.24) is 0 Å². The van der Waals surface area contributed by atoms with E-state index in [2.05, 4.69) is 19.9 Å². The van der Waals surface area contributed by atoms with Crippen molar-refractivity contribution in [3.05, 3.63) is 0 Å². The highest BCUT2D eigenvalue weighted by Crippen LogP contribution is 2.20. The number of hydrogen-bond acceptors (Lipinski definition) is 9. The van der Waals surface area contributed by atoms with Gasteiger partial charge in [-0.05, 0) is 48.5 Å². The second-order valence-corrected chi connectivity index (χ2v) is 7.48. The van der Waals surface area contributed by atoms with E-state index >= 15 is 0 Å². The van der Waals surface area contributed by atoms with Gasteiger partial charge in [-0.1, -0.05) is 0 Å². The summed E-state index contributed by atoms with van der Waals surface area (Å²) in [5.41, 5.74) is 3.53. The molecule has 11 heteroatoms. The number of carboxylic acid groups (broad SMARTS) is 1. The Balaban J connectivity index is 0. The Kier molecular flexibility index (Phi) is 14.7. The zero-order valence-corrected chi connectivity index (χ0v) is 19.5. The second kappa shape index (κ2) is 14.7. The fourth-order valence-corrected chi connectivity index (χ4v) is 1.70. The third-order valence-electron chi connectivity index (χ3n) is 5.04. The number of aliphatic hydroxyl groups excluding tert-OH is 2. The van der Waals surface area contributed by atoms with E-state index in [1.165, 1.54) is 13.8 Å². The largest absolute Gasteiger partial charge is 0.481 e. The molecule has 0 amide bonds. The molecule has 0 unspecified atom stereocenters. The molecule has 0 spiro atoms. The average Bonchev–Trinajstić information content (AvgIpc) is 2.75. The van der Waals surface area contributed by atoms with Gasteiger partial charge in [0.15, 0.2) is 6.10 Å². The number of esters is 3. The smallest absolute Gasteiger partial charge is 0.369 e. The van der Waals surface area contributed by atoms with Gasteiger partial charge in [0.2, 0.25) is 6.04 Å². The molecule has 31 heavy (non-hydrogen) atoms. The van der Waals surface area contributed by atoms with Crippen LogP contribution < -0.4 is 5.73 Å². The van der Waals surface area contributed by atoms with Gasteiger partial charge in [0.05, 0.1) is 23.9 Å². The van der Waals surface area contributed by atoms with Crippen molar-refractivity contribution >= 4 is 23.9 Å². The van der Waals surface area contributed by atoms with E-state index in [0.717, 1.165) is 7.11 Å². The van der Waals surface area contributed by atoms with Gasteiger partial charge >= 0.3 is 23.9 Å². The lowest BCUT2D eigenvalue weighted by atomic mass is 10.0. The zero-order valence-electron chi connectivity index (χ0n) is 19.5. The maximum atomic E-state index is 10.2. The highest BCUT2D eigenvalue weighted by Gasteiger charge is 2.39. The fourth-order valence-electron chi connectivity index (χ4n) is 1.70. The number of hydrogen-bond donors (Lipinski definition) is 4. The molecule has 0 aromatic rings. The molecule has 0 aromatic carbocycles. The molecule has 3 saturated heterocycles. The SMILES string of the molecule is CO.C[C@@H]1C(=O)O[C@@H]1C.C[C@@H]1C(=O)O[C@@H]1C.C[C@H](C(=O)O)[C@@H](C)O.C[C@H]1OC(=O)[C@H]1[NH3+]. The lowest BCUT2D eigenvalue weighted by Gasteiger charge is -2.28. The molecule has 182 valence electrons. The Hall–Kier alpha value is -2.24. The van der Waals surface area contributed by atoms with Crippen LogP contribution in [0.4, 0.5) is 0 Å². The van der Waals surface area contributed by atoms with E-state index < -0.39 is 18.0 Å². The van der Waals surface area contributed by atoms with Gasteiger partial charge in [-0.25, -0.2) is 4.79 Å². The van der Waals surface area contributed by atoms with Gasteiger partial charge in [-0.15, -0.1) is 0 Å². The lowest BCUT2D eigenvalue weighted by Crippen LogP contribution is -2.76. The molecular formula is C20H38NO10+. The van der Waals surface area contributed by atoms with Crippen LogP contribution in [0.5, 0.6) is 0 Å². The van der Waals surface area contributed by atoms with E-state index in [1.807, 2.05) is 34.6 Å². The van der Waals surface area contributed by atoms with Crippen molar-refractivity contribution in [3.63, 3.8) is 0 Å². The van der Waals surface area contributed by atoms with Gasteiger partial charge in [0, 0.05) is 7.11 Å². The van der Waals surface area contributed by atoms with Gasteiger partial charge in [0.25, 0.3) is 0 Å². The topological polar surface area (TPSA) is 184 Å². The standard InChI is InChI=1S/C5H10O3.2C5H8O2.C4H7NO2.CH4O/c1-3(4(2)6)5(7)8;2*1-3-4(2)7-5(3)6;1-2-3(5)4(6)7-2;1-2/h3-4,6H,1-2H3,(H,7,8);2*3-4H,1-2H3;2-3H,5H2,1H3;2H,1H3/p+1/t3*3-,4+;2-,3+;/m0001./s1. The summed E-state index contributed by atoms with van der Waals surface area (Å²) in [6.07, 6.45) is -0.389. The van der Waals surface area contributed by atoms with Crippen LogP contribution in [0.1, 0.15) is 48.5 Å². The first kappa shape index (κ1) is 30.9. The van der Waals surface area contributed by atoms with Crippen LogP contribution in [0.25, 0.3) is 0 Å². The van der Waals surface area contributed by atoms with Crippen LogP contribution in [0.2, 0.25) is 0 Å². The van der Waals surface area contributed by atoms with Gasteiger partial charge in [0.1, 0.15) is 12.2 Å². The first-order chi connectivity index (χ1) is 14.2. The van der Waals surface area contributed by atoms with Crippen molar-refractivity contribution in [2.45, 2.75) is 78.9 Å². The van der Waals surface area contributed by atoms with Crippen molar-refractivity contribution in [3.8, 4) is 0 Å². The molecule has 0 aromatic heterocycles. The number of ether oxygens (including phenoxy) is 3. The van der Waals surface area contributed by atoms with Crippen LogP contribution in [-0.2, 0) is 33.4 Å². The van der Waals surface area contributed by atoms with Crippen molar-refractivity contribution in [2.24, 2.45) is 17.8 Å². The summed E-state index contributed by atoms with van der Waals surface area (Å²) in [5.74, 6) is -1.64. The molecule has 0 aliphatic carbocycles. The fraction of sp³-hybridized carbons (Fsp3) is 0.800.